The normalized spacial score (nSPS) is 11.9. The standard InChI is InChI=1S/C19H22BrN3O4/c1-4-27-16-7-5-15(6-8-16)22-12(2)19(25)23-21-11-13-9-14(20)10-17(26-3)18(13)24/h5-12,22,24H,4H2,1-3H3,(H,23,25)/b21-11+. The highest BCUT2D eigenvalue weighted by Crippen LogP contribution is 2.32. The lowest BCUT2D eigenvalue weighted by atomic mass is 10.2. The van der Waals surface area contributed by atoms with Crippen LogP contribution < -0.4 is 20.2 Å². The molecule has 0 aliphatic heterocycles. The molecular formula is C19H22BrN3O4. The molecule has 27 heavy (non-hydrogen) atoms. The number of phenolic OH excluding ortho intramolecular Hbond substituents is 1. The number of hydrazone groups is 1. The summed E-state index contributed by atoms with van der Waals surface area (Å²) in [6.07, 6.45) is 1.35. The van der Waals surface area contributed by atoms with Crippen molar-refractivity contribution in [3.63, 3.8) is 0 Å². The number of amides is 1. The molecule has 0 fully saturated rings. The van der Waals surface area contributed by atoms with E-state index in [1.165, 1.54) is 13.3 Å². The number of benzene rings is 2. The summed E-state index contributed by atoms with van der Waals surface area (Å²) in [5, 5.41) is 17.0. The molecular weight excluding hydrogens is 414 g/mol. The molecule has 2 aromatic rings. The Morgan fingerprint density at radius 3 is 2.67 bits per heavy atom. The number of carbonyl (C=O) groups excluding carboxylic acids is 1. The molecule has 0 spiro atoms. The van der Waals surface area contributed by atoms with Crippen LogP contribution in [0, 0.1) is 0 Å². The van der Waals surface area contributed by atoms with Crippen molar-refractivity contribution >= 4 is 33.7 Å². The number of hydrogen-bond donors (Lipinski definition) is 3. The number of carbonyl (C=O) groups is 1. The molecule has 8 heteroatoms. The van der Waals surface area contributed by atoms with Gasteiger partial charge in [-0.2, -0.15) is 5.10 Å². The van der Waals surface area contributed by atoms with E-state index >= 15 is 0 Å². The van der Waals surface area contributed by atoms with Gasteiger partial charge in [0.15, 0.2) is 11.5 Å². The lowest BCUT2D eigenvalue weighted by Gasteiger charge is -2.14. The van der Waals surface area contributed by atoms with Gasteiger partial charge in [-0.1, -0.05) is 15.9 Å². The summed E-state index contributed by atoms with van der Waals surface area (Å²) in [5.41, 5.74) is 3.65. The third-order valence-corrected chi connectivity index (χ3v) is 4.07. The molecule has 2 rings (SSSR count). The first-order valence-corrected chi connectivity index (χ1v) is 9.12. The smallest absolute Gasteiger partial charge is 0.262 e. The summed E-state index contributed by atoms with van der Waals surface area (Å²) in [5.74, 6) is 0.706. The second-order valence-corrected chi connectivity index (χ2v) is 6.52. The van der Waals surface area contributed by atoms with Crippen LogP contribution in [-0.2, 0) is 4.79 Å². The van der Waals surface area contributed by atoms with E-state index in [2.05, 4.69) is 31.8 Å². The van der Waals surface area contributed by atoms with Gasteiger partial charge in [-0.25, -0.2) is 5.43 Å². The first-order valence-electron chi connectivity index (χ1n) is 8.33. The third-order valence-electron chi connectivity index (χ3n) is 3.61. The predicted octanol–water partition coefficient (Wildman–Crippen LogP) is 3.51. The van der Waals surface area contributed by atoms with E-state index < -0.39 is 6.04 Å². The SMILES string of the molecule is CCOc1ccc(NC(C)C(=O)N/N=C/c2cc(Br)cc(OC)c2O)cc1. The lowest BCUT2D eigenvalue weighted by Crippen LogP contribution is -2.34. The number of aromatic hydroxyl groups is 1. The van der Waals surface area contributed by atoms with E-state index in [1.807, 2.05) is 31.2 Å². The minimum atomic E-state index is -0.509. The van der Waals surface area contributed by atoms with Crippen molar-refractivity contribution in [3.8, 4) is 17.2 Å². The van der Waals surface area contributed by atoms with Crippen molar-refractivity contribution in [2.24, 2.45) is 5.10 Å². The number of anilines is 1. The number of nitrogens with zero attached hydrogens (tertiary/aromatic N) is 1. The molecule has 0 aliphatic rings. The van der Waals surface area contributed by atoms with Gasteiger partial charge in [-0.05, 0) is 50.2 Å². The molecule has 144 valence electrons. The molecule has 0 aliphatic carbocycles. The van der Waals surface area contributed by atoms with Crippen molar-refractivity contribution < 1.29 is 19.4 Å². The minimum Gasteiger partial charge on any atom is -0.504 e. The van der Waals surface area contributed by atoms with Crippen LogP contribution in [0.4, 0.5) is 5.69 Å². The van der Waals surface area contributed by atoms with Gasteiger partial charge >= 0.3 is 0 Å². The Bertz CT molecular complexity index is 809. The van der Waals surface area contributed by atoms with E-state index in [4.69, 9.17) is 9.47 Å². The average molecular weight is 436 g/mol. The number of hydrogen-bond acceptors (Lipinski definition) is 6. The van der Waals surface area contributed by atoms with Crippen molar-refractivity contribution in [1.82, 2.24) is 5.43 Å². The second kappa shape index (κ2) is 9.82. The van der Waals surface area contributed by atoms with E-state index in [0.29, 0.717) is 17.9 Å². The molecule has 0 bridgehead atoms. The molecule has 1 unspecified atom stereocenters. The zero-order valence-corrected chi connectivity index (χ0v) is 16.9. The molecule has 0 aromatic heterocycles. The van der Waals surface area contributed by atoms with Crippen LogP contribution in [0.15, 0.2) is 46.0 Å². The van der Waals surface area contributed by atoms with Gasteiger partial charge in [0, 0.05) is 15.7 Å². The number of nitrogens with one attached hydrogen (secondary N) is 2. The van der Waals surface area contributed by atoms with Crippen LogP contribution in [0.5, 0.6) is 17.2 Å². The molecule has 1 atom stereocenters. The molecule has 2 aromatic carbocycles. The van der Waals surface area contributed by atoms with Gasteiger partial charge in [0.05, 0.1) is 19.9 Å². The number of ether oxygens (including phenoxy) is 2. The zero-order chi connectivity index (χ0) is 19.8. The molecule has 0 saturated carbocycles. The Kier molecular flexibility index (Phi) is 7.48. The Morgan fingerprint density at radius 1 is 1.33 bits per heavy atom. The van der Waals surface area contributed by atoms with Crippen LogP contribution in [-0.4, -0.2) is 37.0 Å². The van der Waals surface area contributed by atoms with Gasteiger partial charge in [-0.3, -0.25) is 4.79 Å². The Balaban J connectivity index is 1.94. The van der Waals surface area contributed by atoms with E-state index in [9.17, 15) is 9.90 Å². The van der Waals surface area contributed by atoms with Crippen LogP contribution in [0.25, 0.3) is 0 Å². The molecule has 7 nitrogen and oxygen atoms in total. The van der Waals surface area contributed by atoms with Crippen LogP contribution in [0.1, 0.15) is 19.4 Å². The zero-order valence-electron chi connectivity index (χ0n) is 15.3. The second-order valence-electron chi connectivity index (χ2n) is 5.60. The number of phenols is 1. The molecule has 0 heterocycles. The van der Waals surface area contributed by atoms with Gasteiger partial charge in [0.2, 0.25) is 0 Å². The summed E-state index contributed by atoms with van der Waals surface area (Å²) in [6, 6.07) is 10.1. The Morgan fingerprint density at radius 2 is 2.04 bits per heavy atom. The Hall–Kier alpha value is -2.74. The predicted molar refractivity (Wildman–Crippen MR) is 109 cm³/mol. The molecule has 0 saturated heterocycles. The van der Waals surface area contributed by atoms with E-state index in [0.717, 1.165) is 15.9 Å². The average Bonchev–Trinajstić information content (AvgIpc) is 2.65. The minimum absolute atomic E-state index is 0.0562. The largest absolute Gasteiger partial charge is 0.504 e. The summed E-state index contributed by atoms with van der Waals surface area (Å²) in [4.78, 5) is 12.2. The quantitative estimate of drug-likeness (QED) is 0.435. The van der Waals surface area contributed by atoms with Crippen molar-refractivity contribution in [2.75, 3.05) is 19.0 Å². The highest BCUT2D eigenvalue weighted by Gasteiger charge is 2.12. The van der Waals surface area contributed by atoms with Crippen LogP contribution in [0.3, 0.4) is 0 Å². The number of rotatable bonds is 8. The maximum atomic E-state index is 12.2. The first-order chi connectivity index (χ1) is 12.9. The highest BCUT2D eigenvalue weighted by atomic mass is 79.9. The van der Waals surface area contributed by atoms with Crippen LogP contribution in [0.2, 0.25) is 0 Å². The van der Waals surface area contributed by atoms with Crippen molar-refractivity contribution in [2.45, 2.75) is 19.9 Å². The van der Waals surface area contributed by atoms with E-state index in [1.54, 1.807) is 19.1 Å². The molecule has 0 radical (unpaired) electrons. The van der Waals surface area contributed by atoms with Gasteiger partial charge in [-0.15, -0.1) is 0 Å². The monoisotopic (exact) mass is 435 g/mol. The van der Waals surface area contributed by atoms with Crippen molar-refractivity contribution in [1.29, 1.82) is 0 Å². The van der Waals surface area contributed by atoms with E-state index in [-0.39, 0.29) is 11.7 Å². The number of methoxy groups -OCH3 is 1. The number of halogens is 1. The first kappa shape index (κ1) is 20.6. The molecule has 1 amide bonds. The lowest BCUT2D eigenvalue weighted by molar-refractivity contribution is -0.121. The van der Waals surface area contributed by atoms with Crippen molar-refractivity contribution in [3.05, 3.63) is 46.4 Å². The fourth-order valence-corrected chi connectivity index (χ4v) is 2.69. The summed E-state index contributed by atoms with van der Waals surface area (Å²) in [6.45, 7) is 4.24. The highest BCUT2D eigenvalue weighted by molar-refractivity contribution is 9.10. The topological polar surface area (TPSA) is 92.2 Å². The van der Waals surface area contributed by atoms with Crippen LogP contribution >= 0.6 is 15.9 Å². The third kappa shape index (κ3) is 5.89. The summed E-state index contributed by atoms with van der Waals surface area (Å²) < 4.78 is 11.2. The van der Waals surface area contributed by atoms with Gasteiger partial charge in [0.25, 0.3) is 5.91 Å². The Labute approximate surface area is 166 Å². The fraction of sp³-hybridized carbons (Fsp3) is 0.263. The van der Waals surface area contributed by atoms with Gasteiger partial charge < -0.3 is 19.9 Å². The maximum absolute atomic E-state index is 12.2. The molecule has 3 N–H and O–H groups in total. The summed E-state index contributed by atoms with van der Waals surface area (Å²) in [7, 11) is 1.46. The fourth-order valence-electron chi connectivity index (χ4n) is 2.24. The van der Waals surface area contributed by atoms with Gasteiger partial charge in [0.1, 0.15) is 11.8 Å². The summed E-state index contributed by atoms with van der Waals surface area (Å²) >= 11 is 3.32. The maximum Gasteiger partial charge on any atom is 0.262 e.